The number of fused-ring (bicyclic) bond motifs is 3. The average Bonchev–Trinajstić information content (AvgIpc) is 3.03. The molecule has 146 valence electrons. The van der Waals surface area contributed by atoms with Crippen LogP contribution in [0.5, 0.6) is 5.75 Å². The van der Waals surface area contributed by atoms with E-state index < -0.39 is 10.0 Å². The Bertz CT molecular complexity index is 1170. The number of sulfonamides is 1. The van der Waals surface area contributed by atoms with Crippen molar-refractivity contribution < 1.29 is 22.4 Å². The average molecular weight is 420 g/mol. The van der Waals surface area contributed by atoms with Gasteiger partial charge in [0.1, 0.15) is 11.5 Å². The summed E-state index contributed by atoms with van der Waals surface area (Å²) in [5.41, 5.74) is 1.18. The molecule has 1 aromatic heterocycles. The van der Waals surface area contributed by atoms with Gasteiger partial charge in [-0.2, -0.15) is 0 Å². The van der Waals surface area contributed by atoms with Gasteiger partial charge >= 0.3 is 0 Å². The van der Waals surface area contributed by atoms with E-state index >= 15 is 0 Å². The second-order valence-electron chi connectivity index (χ2n) is 6.52. The van der Waals surface area contributed by atoms with Crippen molar-refractivity contribution in [1.29, 1.82) is 0 Å². The molecule has 4 rings (SSSR count). The van der Waals surface area contributed by atoms with Gasteiger partial charge in [-0.05, 0) is 49.7 Å². The molecule has 0 bridgehead atoms. The molecular weight excluding hydrogens is 402 g/mol. The first-order valence-electron chi connectivity index (χ1n) is 8.93. The first kappa shape index (κ1) is 18.8. The van der Waals surface area contributed by atoms with Crippen LogP contribution in [0.4, 0.5) is 5.69 Å². The van der Waals surface area contributed by atoms with Crippen molar-refractivity contribution in [1.82, 2.24) is 0 Å². The summed E-state index contributed by atoms with van der Waals surface area (Å²) in [6.45, 7) is 2.35. The molecule has 3 aromatic rings. The van der Waals surface area contributed by atoms with Gasteiger partial charge in [0.05, 0.1) is 27.8 Å². The fourth-order valence-corrected chi connectivity index (χ4v) is 4.68. The molecule has 28 heavy (non-hydrogen) atoms. The first-order chi connectivity index (χ1) is 13.4. The summed E-state index contributed by atoms with van der Waals surface area (Å²) in [5.74, 6) is 1.19. The number of furan rings is 1. The quantitative estimate of drug-likeness (QED) is 0.641. The van der Waals surface area contributed by atoms with Crippen LogP contribution < -0.4 is 9.46 Å². The number of carbonyl (C=O) groups is 1. The number of rotatable bonds is 5. The molecule has 1 aliphatic rings. The fraction of sp³-hybridized carbons (Fsp3) is 0.250. The van der Waals surface area contributed by atoms with Crippen molar-refractivity contribution in [3.63, 3.8) is 0 Å². The minimum absolute atomic E-state index is 0.0115. The number of aryl methyl sites for hydroxylation is 1. The Labute approximate surface area is 167 Å². The van der Waals surface area contributed by atoms with Crippen LogP contribution >= 0.6 is 11.6 Å². The number of hydrogen-bond donors (Lipinski definition) is 1. The van der Waals surface area contributed by atoms with Gasteiger partial charge in [0, 0.05) is 18.2 Å². The van der Waals surface area contributed by atoms with E-state index in [-0.39, 0.29) is 21.4 Å². The lowest BCUT2D eigenvalue weighted by Crippen LogP contribution is -2.13. The molecule has 0 saturated carbocycles. The van der Waals surface area contributed by atoms with E-state index in [0.717, 1.165) is 6.42 Å². The highest BCUT2D eigenvalue weighted by atomic mass is 35.5. The zero-order valence-corrected chi connectivity index (χ0v) is 16.7. The van der Waals surface area contributed by atoms with E-state index in [1.807, 2.05) is 6.92 Å². The summed E-state index contributed by atoms with van der Waals surface area (Å²) < 4.78 is 39.1. The van der Waals surface area contributed by atoms with E-state index in [2.05, 4.69) is 4.72 Å². The molecule has 0 aliphatic heterocycles. The van der Waals surface area contributed by atoms with Crippen molar-refractivity contribution in [2.75, 3.05) is 11.3 Å². The molecule has 0 fully saturated rings. The summed E-state index contributed by atoms with van der Waals surface area (Å²) in [4.78, 5) is 12.4. The smallest absolute Gasteiger partial charge is 0.261 e. The number of ether oxygens (including phenoxy) is 1. The second-order valence-corrected chi connectivity index (χ2v) is 8.61. The second kappa shape index (κ2) is 7.14. The largest absolute Gasteiger partial charge is 0.494 e. The minimum Gasteiger partial charge on any atom is -0.494 e. The molecule has 0 radical (unpaired) electrons. The van der Waals surface area contributed by atoms with Gasteiger partial charge in [0.15, 0.2) is 11.4 Å². The van der Waals surface area contributed by atoms with Crippen LogP contribution in [0.3, 0.4) is 0 Å². The molecule has 1 heterocycles. The number of halogens is 1. The predicted octanol–water partition coefficient (Wildman–Crippen LogP) is 4.80. The van der Waals surface area contributed by atoms with Crippen molar-refractivity contribution in [2.45, 2.75) is 31.1 Å². The van der Waals surface area contributed by atoms with E-state index in [9.17, 15) is 13.2 Å². The summed E-state index contributed by atoms with van der Waals surface area (Å²) >= 11 is 6.30. The maximum atomic E-state index is 12.7. The molecular formula is C20H18ClNO5S. The maximum absolute atomic E-state index is 12.7. The van der Waals surface area contributed by atoms with Gasteiger partial charge in [-0.15, -0.1) is 0 Å². The maximum Gasteiger partial charge on any atom is 0.261 e. The van der Waals surface area contributed by atoms with Crippen molar-refractivity contribution in [3.05, 3.63) is 52.7 Å². The Balaban J connectivity index is 1.71. The highest BCUT2D eigenvalue weighted by Gasteiger charge is 2.26. The van der Waals surface area contributed by atoms with Crippen LogP contribution in [0.25, 0.3) is 11.0 Å². The van der Waals surface area contributed by atoms with E-state index in [1.54, 1.807) is 18.2 Å². The van der Waals surface area contributed by atoms with Crippen LogP contribution in [0.15, 0.2) is 45.7 Å². The third kappa shape index (κ3) is 3.36. The van der Waals surface area contributed by atoms with E-state index in [4.69, 9.17) is 20.8 Å². The number of Topliss-reactive ketones (excluding diaryl/α,β-unsaturated/α-hetero) is 1. The van der Waals surface area contributed by atoms with Gasteiger partial charge in [0.2, 0.25) is 0 Å². The van der Waals surface area contributed by atoms with Gasteiger partial charge < -0.3 is 9.15 Å². The summed E-state index contributed by atoms with van der Waals surface area (Å²) in [6, 6.07) is 9.21. The highest BCUT2D eigenvalue weighted by molar-refractivity contribution is 7.92. The van der Waals surface area contributed by atoms with Crippen molar-refractivity contribution in [2.24, 2.45) is 0 Å². The normalized spacial score (nSPS) is 14.1. The number of nitrogens with one attached hydrogen (secondary N) is 1. The Morgan fingerprint density at radius 2 is 1.93 bits per heavy atom. The zero-order chi connectivity index (χ0) is 19.9. The van der Waals surface area contributed by atoms with Gasteiger partial charge in [-0.25, -0.2) is 8.42 Å². The van der Waals surface area contributed by atoms with Crippen LogP contribution in [-0.2, 0) is 16.4 Å². The minimum atomic E-state index is -3.83. The first-order valence-corrected chi connectivity index (χ1v) is 10.8. The zero-order valence-electron chi connectivity index (χ0n) is 15.1. The predicted molar refractivity (Wildman–Crippen MR) is 107 cm³/mol. The third-order valence-electron chi connectivity index (χ3n) is 4.60. The Morgan fingerprint density at radius 3 is 2.64 bits per heavy atom. The lowest BCUT2D eigenvalue weighted by molar-refractivity contribution is 0.0971. The topological polar surface area (TPSA) is 85.6 Å². The van der Waals surface area contributed by atoms with Gasteiger partial charge in [-0.1, -0.05) is 11.6 Å². The number of carbonyl (C=O) groups excluding carboxylic acids is 1. The van der Waals surface area contributed by atoms with Crippen molar-refractivity contribution >= 4 is 44.1 Å². The number of anilines is 1. The molecule has 1 N–H and O–H groups in total. The molecule has 0 unspecified atom stereocenters. The summed E-state index contributed by atoms with van der Waals surface area (Å²) in [7, 11) is -3.83. The summed E-state index contributed by atoms with van der Waals surface area (Å²) in [6.07, 6.45) is 1.85. The molecule has 8 heteroatoms. The fourth-order valence-electron chi connectivity index (χ4n) is 3.38. The lowest BCUT2D eigenvalue weighted by Gasteiger charge is -2.10. The molecule has 0 amide bonds. The van der Waals surface area contributed by atoms with Crippen LogP contribution in [-0.4, -0.2) is 20.8 Å². The van der Waals surface area contributed by atoms with Crippen molar-refractivity contribution in [3.8, 4) is 5.75 Å². The van der Waals surface area contributed by atoms with E-state index in [0.29, 0.717) is 47.5 Å². The Morgan fingerprint density at radius 1 is 1.18 bits per heavy atom. The molecule has 0 saturated heterocycles. The molecule has 1 aliphatic carbocycles. The monoisotopic (exact) mass is 419 g/mol. The number of hydrogen-bond acceptors (Lipinski definition) is 5. The molecule has 0 spiro atoms. The Kier molecular flexibility index (Phi) is 4.81. The molecule has 0 atom stereocenters. The van der Waals surface area contributed by atoms with Crippen LogP contribution in [0, 0.1) is 0 Å². The van der Waals surface area contributed by atoms with E-state index in [1.165, 1.54) is 18.2 Å². The molecule has 6 nitrogen and oxygen atoms in total. The lowest BCUT2D eigenvalue weighted by atomic mass is 9.94. The van der Waals surface area contributed by atoms with Crippen LogP contribution in [0.1, 0.15) is 35.9 Å². The van der Waals surface area contributed by atoms with Gasteiger partial charge in [-0.3, -0.25) is 9.52 Å². The standard InChI is InChI=1S/C20H18ClNO5S/c1-2-26-13-6-8-14(9-7-13)28(24,25)22-12-10-15-19-17(23)4-3-5-18(19)27-20(15)16(21)11-12/h6-11,22H,2-5H2,1H3. The van der Waals surface area contributed by atoms with Crippen LogP contribution in [0.2, 0.25) is 5.02 Å². The summed E-state index contributed by atoms with van der Waals surface area (Å²) in [5, 5.41) is 0.792. The Hall–Kier alpha value is -2.51. The SMILES string of the molecule is CCOc1ccc(S(=O)(=O)Nc2cc(Cl)c3oc4c(c3c2)C(=O)CCC4)cc1. The third-order valence-corrected chi connectivity index (χ3v) is 6.28. The molecule has 2 aromatic carbocycles. The van der Waals surface area contributed by atoms with Gasteiger partial charge in [0.25, 0.3) is 10.0 Å². The number of benzene rings is 2. The highest BCUT2D eigenvalue weighted by Crippen LogP contribution is 2.38. The number of ketones is 1.